The third kappa shape index (κ3) is 4.29. The van der Waals surface area contributed by atoms with Gasteiger partial charge in [-0.05, 0) is 29.8 Å². The van der Waals surface area contributed by atoms with Crippen LogP contribution in [0.1, 0.15) is 28.4 Å². The Morgan fingerprint density at radius 2 is 1.71 bits per heavy atom. The molecule has 1 unspecified atom stereocenters. The minimum absolute atomic E-state index is 0.194. The van der Waals surface area contributed by atoms with Crippen molar-refractivity contribution >= 4 is 23.5 Å². The fraction of sp³-hybridized carbons (Fsp3) is 0.176. The van der Waals surface area contributed by atoms with Gasteiger partial charge in [0.1, 0.15) is 17.2 Å². The van der Waals surface area contributed by atoms with Gasteiger partial charge in [-0.1, -0.05) is 29.8 Å². The van der Waals surface area contributed by atoms with E-state index in [-0.39, 0.29) is 6.42 Å². The molecule has 1 N–H and O–H groups in total. The molecule has 0 aromatic heterocycles. The topological polar surface area (TPSA) is 55.4 Å². The van der Waals surface area contributed by atoms with E-state index in [9.17, 15) is 18.4 Å². The van der Waals surface area contributed by atoms with E-state index in [1.165, 1.54) is 7.11 Å². The number of halogens is 3. The highest BCUT2D eigenvalue weighted by molar-refractivity contribution is 6.30. The second kappa shape index (κ2) is 7.88. The van der Waals surface area contributed by atoms with E-state index in [4.69, 9.17) is 11.6 Å². The third-order valence-corrected chi connectivity index (χ3v) is 3.62. The zero-order chi connectivity index (χ0) is 17.7. The molecular weight excluding hydrogens is 340 g/mol. The molecule has 0 aliphatic rings. The fourth-order valence-electron chi connectivity index (χ4n) is 2.14. The van der Waals surface area contributed by atoms with Crippen LogP contribution in [0.4, 0.5) is 8.78 Å². The van der Waals surface area contributed by atoms with Crippen LogP contribution < -0.4 is 5.32 Å². The van der Waals surface area contributed by atoms with Crippen molar-refractivity contribution in [3.8, 4) is 0 Å². The lowest BCUT2D eigenvalue weighted by molar-refractivity contribution is -0.141. The van der Waals surface area contributed by atoms with Crippen LogP contribution in [0.25, 0.3) is 0 Å². The molecule has 0 bridgehead atoms. The molecule has 0 fully saturated rings. The van der Waals surface area contributed by atoms with Gasteiger partial charge in [0, 0.05) is 5.02 Å². The van der Waals surface area contributed by atoms with Gasteiger partial charge in [-0.3, -0.25) is 9.59 Å². The summed E-state index contributed by atoms with van der Waals surface area (Å²) < 4.78 is 32.0. The lowest BCUT2D eigenvalue weighted by atomic mass is 10.0. The van der Waals surface area contributed by atoms with Gasteiger partial charge < -0.3 is 10.1 Å². The summed E-state index contributed by atoms with van der Waals surface area (Å²) in [4.78, 5) is 23.8. The van der Waals surface area contributed by atoms with Crippen molar-refractivity contribution in [3.05, 3.63) is 70.2 Å². The van der Waals surface area contributed by atoms with Crippen LogP contribution in [0, 0.1) is 11.6 Å². The van der Waals surface area contributed by atoms with Crippen LogP contribution in [-0.4, -0.2) is 19.0 Å². The summed E-state index contributed by atoms with van der Waals surface area (Å²) in [7, 11) is 1.21. The van der Waals surface area contributed by atoms with Gasteiger partial charge in [0.15, 0.2) is 0 Å². The van der Waals surface area contributed by atoms with Crippen LogP contribution >= 0.6 is 11.6 Å². The lowest BCUT2D eigenvalue weighted by Crippen LogP contribution is -2.31. The molecule has 126 valence electrons. The monoisotopic (exact) mass is 353 g/mol. The lowest BCUT2D eigenvalue weighted by Gasteiger charge is -2.18. The van der Waals surface area contributed by atoms with Crippen LogP contribution in [0.5, 0.6) is 0 Å². The molecule has 2 aromatic rings. The summed E-state index contributed by atoms with van der Waals surface area (Å²) in [5.74, 6) is -3.51. The first-order valence-corrected chi connectivity index (χ1v) is 7.37. The Hall–Kier alpha value is -2.47. The second-order valence-electron chi connectivity index (χ2n) is 4.95. The quantitative estimate of drug-likeness (QED) is 0.835. The Morgan fingerprint density at radius 1 is 1.12 bits per heavy atom. The van der Waals surface area contributed by atoms with Crippen molar-refractivity contribution in [1.82, 2.24) is 5.32 Å². The van der Waals surface area contributed by atoms with Crippen molar-refractivity contribution in [3.63, 3.8) is 0 Å². The Balaban J connectivity index is 2.29. The molecule has 0 spiro atoms. The molecule has 2 rings (SSSR count). The highest BCUT2D eigenvalue weighted by Gasteiger charge is 2.23. The van der Waals surface area contributed by atoms with Gasteiger partial charge >= 0.3 is 5.97 Å². The SMILES string of the molecule is COC(=O)CC(NC(=O)c1c(F)cccc1F)c1ccc(Cl)cc1. The van der Waals surface area contributed by atoms with Gasteiger partial charge in [-0.25, -0.2) is 8.78 Å². The first kappa shape index (κ1) is 17.9. The predicted molar refractivity (Wildman–Crippen MR) is 84.7 cm³/mol. The molecule has 24 heavy (non-hydrogen) atoms. The molecule has 0 aliphatic carbocycles. The summed E-state index contributed by atoms with van der Waals surface area (Å²) in [6.45, 7) is 0. The number of amides is 1. The highest BCUT2D eigenvalue weighted by Crippen LogP contribution is 2.21. The summed E-state index contributed by atoms with van der Waals surface area (Å²) >= 11 is 5.81. The van der Waals surface area contributed by atoms with Gasteiger partial charge in [0.25, 0.3) is 5.91 Å². The minimum atomic E-state index is -0.986. The van der Waals surface area contributed by atoms with Crippen molar-refractivity contribution in [1.29, 1.82) is 0 Å². The van der Waals surface area contributed by atoms with Crippen molar-refractivity contribution in [2.24, 2.45) is 0 Å². The van der Waals surface area contributed by atoms with Crippen LogP contribution in [0.3, 0.4) is 0 Å². The smallest absolute Gasteiger partial charge is 0.307 e. The first-order valence-electron chi connectivity index (χ1n) is 6.99. The number of carbonyl (C=O) groups excluding carboxylic acids is 2. The maximum Gasteiger partial charge on any atom is 0.307 e. The Kier molecular flexibility index (Phi) is 5.87. The number of rotatable bonds is 5. The van der Waals surface area contributed by atoms with E-state index >= 15 is 0 Å². The summed E-state index contributed by atoms with van der Waals surface area (Å²) in [6, 6.07) is 8.68. The van der Waals surface area contributed by atoms with Crippen LogP contribution in [0.15, 0.2) is 42.5 Å². The molecule has 0 saturated carbocycles. The largest absolute Gasteiger partial charge is 0.469 e. The van der Waals surface area contributed by atoms with E-state index in [0.717, 1.165) is 18.2 Å². The standard InChI is InChI=1S/C17H14ClF2NO3/c1-24-15(22)9-14(10-5-7-11(18)8-6-10)21-17(23)16-12(19)3-2-4-13(16)20/h2-8,14H,9H2,1H3,(H,21,23). The second-order valence-corrected chi connectivity index (χ2v) is 5.39. The van der Waals surface area contributed by atoms with E-state index in [1.54, 1.807) is 24.3 Å². The van der Waals surface area contributed by atoms with Crippen LogP contribution in [-0.2, 0) is 9.53 Å². The maximum atomic E-state index is 13.7. The molecule has 0 radical (unpaired) electrons. The molecule has 0 aliphatic heterocycles. The number of nitrogens with one attached hydrogen (secondary N) is 1. The minimum Gasteiger partial charge on any atom is -0.469 e. The summed E-state index contributed by atoms with van der Waals surface area (Å²) in [6.07, 6.45) is -0.194. The molecule has 0 heterocycles. The van der Waals surface area contributed by atoms with E-state index in [0.29, 0.717) is 10.6 Å². The third-order valence-electron chi connectivity index (χ3n) is 3.37. The highest BCUT2D eigenvalue weighted by atomic mass is 35.5. The predicted octanol–water partition coefficient (Wildman–Crippen LogP) is 3.65. The fourth-order valence-corrected chi connectivity index (χ4v) is 2.27. The molecule has 4 nitrogen and oxygen atoms in total. The summed E-state index contributed by atoms with van der Waals surface area (Å²) in [5.41, 5.74) is -0.156. The number of hydrogen-bond donors (Lipinski definition) is 1. The number of methoxy groups -OCH3 is 1. The zero-order valence-corrected chi connectivity index (χ0v) is 13.4. The average Bonchev–Trinajstić information content (AvgIpc) is 2.54. The van der Waals surface area contributed by atoms with E-state index in [2.05, 4.69) is 10.1 Å². The van der Waals surface area contributed by atoms with Gasteiger partial charge in [-0.15, -0.1) is 0 Å². The van der Waals surface area contributed by atoms with Crippen molar-refractivity contribution in [2.75, 3.05) is 7.11 Å². The number of esters is 1. The van der Waals surface area contributed by atoms with E-state index in [1.807, 2.05) is 0 Å². The molecule has 2 aromatic carbocycles. The van der Waals surface area contributed by atoms with Crippen molar-refractivity contribution in [2.45, 2.75) is 12.5 Å². The first-order chi connectivity index (χ1) is 11.4. The maximum absolute atomic E-state index is 13.7. The molecule has 1 atom stereocenters. The number of benzene rings is 2. The van der Waals surface area contributed by atoms with E-state index < -0.39 is 35.1 Å². The number of hydrogen-bond acceptors (Lipinski definition) is 3. The zero-order valence-electron chi connectivity index (χ0n) is 12.7. The van der Waals surface area contributed by atoms with Crippen molar-refractivity contribution < 1.29 is 23.1 Å². The Morgan fingerprint density at radius 3 is 2.25 bits per heavy atom. The summed E-state index contributed by atoms with van der Waals surface area (Å²) in [5, 5.41) is 2.93. The average molecular weight is 354 g/mol. The van der Waals surface area contributed by atoms with Gasteiger partial charge in [0.2, 0.25) is 0 Å². The number of ether oxygens (including phenoxy) is 1. The Labute approximate surface area is 142 Å². The molecule has 1 amide bonds. The molecular formula is C17H14ClF2NO3. The number of carbonyl (C=O) groups is 2. The molecule has 0 saturated heterocycles. The van der Waals surface area contributed by atoms with Gasteiger partial charge in [-0.2, -0.15) is 0 Å². The normalized spacial score (nSPS) is 11.7. The Bertz CT molecular complexity index is 730. The van der Waals surface area contributed by atoms with Crippen LogP contribution in [0.2, 0.25) is 5.02 Å². The van der Waals surface area contributed by atoms with Gasteiger partial charge in [0.05, 0.1) is 19.6 Å². The molecule has 7 heteroatoms.